The van der Waals surface area contributed by atoms with E-state index in [0.29, 0.717) is 32.7 Å². The van der Waals surface area contributed by atoms with Crippen molar-refractivity contribution in [3.8, 4) is 0 Å². The number of hydrogen-bond acceptors (Lipinski definition) is 6. The average molecular weight is 489 g/mol. The Balaban J connectivity index is 1.76. The summed E-state index contributed by atoms with van der Waals surface area (Å²) in [5, 5.41) is 2.88. The molecule has 4 amide bonds. The quantitative estimate of drug-likeness (QED) is 0.527. The normalized spacial score (nSPS) is 21.5. The second-order valence-electron chi connectivity index (χ2n) is 9.95. The minimum atomic E-state index is -1.21. The van der Waals surface area contributed by atoms with Gasteiger partial charge in [-0.15, -0.1) is 0 Å². The molecule has 0 spiro atoms. The third-order valence-electron chi connectivity index (χ3n) is 6.65. The molecule has 2 saturated heterocycles. The van der Waals surface area contributed by atoms with Gasteiger partial charge in [0.15, 0.2) is 11.9 Å². The van der Waals surface area contributed by atoms with E-state index in [2.05, 4.69) is 17.4 Å². The maximum absolute atomic E-state index is 13.6. The lowest BCUT2D eigenvalue weighted by Crippen LogP contribution is -2.58. The first-order valence-corrected chi connectivity index (χ1v) is 12.0. The number of likely N-dealkylation sites (N-methyl/N-ethyl adjacent to an activating group) is 1. The summed E-state index contributed by atoms with van der Waals surface area (Å²) in [5.41, 5.74) is 6.28. The van der Waals surface area contributed by atoms with Crippen LogP contribution in [0.3, 0.4) is 0 Å². The molecule has 2 aliphatic rings. The zero-order valence-corrected chi connectivity index (χ0v) is 20.7. The van der Waals surface area contributed by atoms with E-state index < -0.39 is 35.8 Å². The van der Waals surface area contributed by atoms with Crippen LogP contribution in [0.5, 0.6) is 0 Å². The number of hydrogen-bond donors (Lipinski definition) is 2. The number of ether oxygens (including phenoxy) is 2. The standard InChI is InChI=1S/C25H36N4O6/c1-25(2,10-9-17-7-5-4-6-8-17)15-18(27-24(33)29-11-13-34-14-12-29)23(32)28(3)20-19(30)16-35-21(20)22(26)31/h4-8,18,20-21H,9-16H2,1-3H3,(H2,26,31)(H,27,33). The van der Waals surface area contributed by atoms with Crippen LogP contribution in [0.2, 0.25) is 0 Å². The Kier molecular flexibility index (Phi) is 8.85. The summed E-state index contributed by atoms with van der Waals surface area (Å²) in [6.07, 6.45) is 0.744. The van der Waals surface area contributed by atoms with Gasteiger partial charge in [-0.1, -0.05) is 44.2 Å². The maximum atomic E-state index is 13.6. The van der Waals surface area contributed by atoms with Gasteiger partial charge in [-0.05, 0) is 30.2 Å². The molecule has 2 heterocycles. The molecule has 3 rings (SSSR count). The van der Waals surface area contributed by atoms with Crippen molar-refractivity contribution in [1.82, 2.24) is 15.1 Å². The van der Waals surface area contributed by atoms with Crippen LogP contribution < -0.4 is 11.1 Å². The van der Waals surface area contributed by atoms with E-state index in [1.165, 1.54) is 17.5 Å². The Morgan fingerprint density at radius 1 is 1.20 bits per heavy atom. The fourth-order valence-electron chi connectivity index (χ4n) is 4.55. The topological polar surface area (TPSA) is 131 Å². The van der Waals surface area contributed by atoms with Crippen LogP contribution in [0, 0.1) is 5.41 Å². The highest BCUT2D eigenvalue weighted by atomic mass is 16.5. The number of nitrogens with one attached hydrogen (secondary N) is 1. The van der Waals surface area contributed by atoms with Gasteiger partial charge in [-0.3, -0.25) is 14.4 Å². The number of carbonyl (C=O) groups is 4. The van der Waals surface area contributed by atoms with Crippen molar-refractivity contribution in [3.63, 3.8) is 0 Å². The molecule has 192 valence electrons. The third-order valence-corrected chi connectivity index (χ3v) is 6.65. The van der Waals surface area contributed by atoms with Gasteiger partial charge in [0.05, 0.1) is 13.2 Å². The van der Waals surface area contributed by atoms with E-state index in [4.69, 9.17) is 15.2 Å². The van der Waals surface area contributed by atoms with Gasteiger partial charge in [-0.2, -0.15) is 0 Å². The molecule has 1 aromatic carbocycles. The van der Waals surface area contributed by atoms with Crippen molar-refractivity contribution in [1.29, 1.82) is 0 Å². The number of primary amides is 1. The van der Waals surface area contributed by atoms with Gasteiger partial charge in [-0.25, -0.2) is 4.79 Å². The van der Waals surface area contributed by atoms with Crippen LogP contribution in [0.25, 0.3) is 0 Å². The van der Waals surface area contributed by atoms with Crippen LogP contribution in [-0.2, 0) is 30.3 Å². The zero-order chi connectivity index (χ0) is 25.6. The first-order valence-electron chi connectivity index (χ1n) is 12.0. The van der Waals surface area contributed by atoms with Crippen LogP contribution in [0.15, 0.2) is 30.3 Å². The van der Waals surface area contributed by atoms with E-state index in [9.17, 15) is 19.2 Å². The lowest BCUT2D eigenvalue weighted by molar-refractivity contribution is -0.141. The Morgan fingerprint density at radius 2 is 1.86 bits per heavy atom. The number of nitrogens with zero attached hydrogens (tertiary/aromatic N) is 2. The van der Waals surface area contributed by atoms with Crippen molar-refractivity contribution < 1.29 is 28.7 Å². The van der Waals surface area contributed by atoms with E-state index in [1.807, 2.05) is 32.0 Å². The van der Waals surface area contributed by atoms with Gasteiger partial charge < -0.3 is 30.3 Å². The molecule has 0 aromatic heterocycles. The molecular formula is C25H36N4O6. The van der Waals surface area contributed by atoms with Crippen molar-refractivity contribution in [2.75, 3.05) is 40.0 Å². The van der Waals surface area contributed by atoms with E-state index >= 15 is 0 Å². The fraction of sp³-hybridized carbons (Fsp3) is 0.600. The number of carbonyl (C=O) groups excluding carboxylic acids is 4. The van der Waals surface area contributed by atoms with Gasteiger partial charge >= 0.3 is 6.03 Å². The molecule has 2 fully saturated rings. The van der Waals surface area contributed by atoms with E-state index in [0.717, 1.165) is 12.8 Å². The summed E-state index contributed by atoms with van der Waals surface area (Å²) < 4.78 is 10.5. The number of Topliss-reactive ketones (excluding diaryl/α,β-unsaturated/α-hetero) is 1. The second kappa shape index (κ2) is 11.6. The Bertz CT molecular complexity index is 916. The molecule has 3 unspecified atom stereocenters. The highest BCUT2D eigenvalue weighted by Gasteiger charge is 2.45. The summed E-state index contributed by atoms with van der Waals surface area (Å²) >= 11 is 0. The molecule has 0 bridgehead atoms. The number of ketones is 1. The Morgan fingerprint density at radius 3 is 2.49 bits per heavy atom. The number of benzene rings is 1. The maximum Gasteiger partial charge on any atom is 0.318 e. The number of amides is 4. The summed E-state index contributed by atoms with van der Waals surface area (Å²) in [6, 6.07) is 7.68. The molecule has 0 radical (unpaired) electrons. The summed E-state index contributed by atoms with van der Waals surface area (Å²) in [6.45, 7) is 5.53. The lowest BCUT2D eigenvalue weighted by Gasteiger charge is -2.35. The minimum Gasteiger partial charge on any atom is -0.378 e. The van der Waals surface area contributed by atoms with E-state index in [1.54, 1.807) is 4.90 Å². The van der Waals surface area contributed by atoms with Gasteiger partial charge in [0, 0.05) is 20.1 Å². The molecule has 3 atom stereocenters. The molecular weight excluding hydrogens is 452 g/mol. The fourth-order valence-corrected chi connectivity index (χ4v) is 4.55. The average Bonchev–Trinajstić information content (AvgIpc) is 3.24. The highest BCUT2D eigenvalue weighted by molar-refractivity contribution is 5.99. The lowest BCUT2D eigenvalue weighted by atomic mass is 9.80. The van der Waals surface area contributed by atoms with Gasteiger partial charge in [0.25, 0.3) is 0 Å². The van der Waals surface area contributed by atoms with Crippen LogP contribution >= 0.6 is 0 Å². The van der Waals surface area contributed by atoms with Crippen molar-refractivity contribution in [2.45, 2.75) is 51.3 Å². The van der Waals surface area contributed by atoms with Crippen molar-refractivity contribution in [3.05, 3.63) is 35.9 Å². The minimum absolute atomic E-state index is 0.288. The van der Waals surface area contributed by atoms with E-state index in [-0.39, 0.29) is 18.1 Å². The molecule has 1 aromatic rings. The molecule has 35 heavy (non-hydrogen) atoms. The number of nitrogens with two attached hydrogens (primary N) is 1. The molecule has 0 aliphatic carbocycles. The largest absolute Gasteiger partial charge is 0.378 e. The van der Waals surface area contributed by atoms with Crippen LogP contribution in [0.4, 0.5) is 4.79 Å². The third kappa shape index (κ3) is 7.02. The monoisotopic (exact) mass is 488 g/mol. The summed E-state index contributed by atoms with van der Waals surface area (Å²) in [4.78, 5) is 53.7. The number of urea groups is 1. The Labute approximate surface area is 206 Å². The molecule has 3 N–H and O–H groups in total. The summed E-state index contributed by atoms with van der Waals surface area (Å²) in [5.74, 6) is -1.67. The van der Waals surface area contributed by atoms with Crippen molar-refractivity contribution in [2.24, 2.45) is 11.1 Å². The highest BCUT2D eigenvalue weighted by Crippen LogP contribution is 2.30. The van der Waals surface area contributed by atoms with Crippen LogP contribution in [-0.4, -0.2) is 91.6 Å². The molecule has 10 heteroatoms. The smallest absolute Gasteiger partial charge is 0.318 e. The van der Waals surface area contributed by atoms with Gasteiger partial charge in [0.2, 0.25) is 11.8 Å². The molecule has 2 aliphatic heterocycles. The molecule has 0 saturated carbocycles. The molecule has 10 nitrogen and oxygen atoms in total. The van der Waals surface area contributed by atoms with Crippen molar-refractivity contribution >= 4 is 23.6 Å². The Hall–Kier alpha value is -2.98. The second-order valence-corrected chi connectivity index (χ2v) is 9.95. The first-order chi connectivity index (χ1) is 16.6. The zero-order valence-electron chi connectivity index (χ0n) is 20.7. The predicted molar refractivity (Wildman–Crippen MR) is 128 cm³/mol. The first kappa shape index (κ1) is 26.6. The van der Waals surface area contributed by atoms with Gasteiger partial charge in [0.1, 0.15) is 18.7 Å². The number of rotatable bonds is 9. The number of aryl methyl sites for hydroxylation is 1. The SMILES string of the molecule is CN(C(=O)C(CC(C)(C)CCc1ccccc1)NC(=O)N1CCOCC1)C1C(=O)COC1C(N)=O. The number of morpholine rings is 1. The predicted octanol–water partition coefficient (Wildman–Crippen LogP) is 0.726. The summed E-state index contributed by atoms with van der Waals surface area (Å²) in [7, 11) is 1.44. The van der Waals surface area contributed by atoms with Crippen LogP contribution in [0.1, 0.15) is 32.3 Å².